The highest BCUT2D eigenvalue weighted by Gasteiger charge is 2.52. The number of hydrogen-bond donors (Lipinski definition) is 2. The normalized spacial score (nSPS) is 26.3. The van der Waals surface area contributed by atoms with Crippen molar-refractivity contribution >= 4 is 0 Å². The van der Waals surface area contributed by atoms with Gasteiger partial charge in [-0.2, -0.15) is 0 Å². The summed E-state index contributed by atoms with van der Waals surface area (Å²) < 4.78 is 0. The second-order valence-corrected chi connectivity index (χ2v) is 4.93. The molecule has 0 heterocycles. The van der Waals surface area contributed by atoms with Crippen LogP contribution in [0, 0.1) is 5.92 Å². The Kier molecular flexibility index (Phi) is 1.84. The second kappa shape index (κ2) is 2.99. The van der Waals surface area contributed by atoms with Crippen LogP contribution in [0.1, 0.15) is 30.4 Å². The van der Waals surface area contributed by atoms with Gasteiger partial charge in [-0.25, -0.2) is 0 Å². The molecule has 1 saturated carbocycles. The molecule has 3 rings (SSSR count). The summed E-state index contributed by atoms with van der Waals surface area (Å²) in [5.41, 5.74) is 8.75. The summed E-state index contributed by atoms with van der Waals surface area (Å²) in [6.45, 7) is 0.787. The molecule has 15 heavy (non-hydrogen) atoms. The van der Waals surface area contributed by atoms with Gasteiger partial charge in [0.1, 0.15) is 5.75 Å². The largest absolute Gasteiger partial charge is 0.508 e. The van der Waals surface area contributed by atoms with Crippen LogP contribution in [0.4, 0.5) is 0 Å². The van der Waals surface area contributed by atoms with Gasteiger partial charge in [-0.05, 0) is 60.8 Å². The lowest BCUT2D eigenvalue weighted by atomic mass is 9.72. The fraction of sp³-hybridized carbons (Fsp3) is 0.538. The fourth-order valence-corrected chi connectivity index (χ4v) is 3.27. The van der Waals surface area contributed by atoms with E-state index < -0.39 is 0 Å². The first kappa shape index (κ1) is 9.22. The van der Waals surface area contributed by atoms with Gasteiger partial charge in [0, 0.05) is 0 Å². The number of phenols is 1. The molecular formula is C13H17NO. The monoisotopic (exact) mass is 203 g/mol. The van der Waals surface area contributed by atoms with Crippen LogP contribution >= 0.6 is 0 Å². The Morgan fingerprint density at radius 3 is 2.87 bits per heavy atom. The Morgan fingerprint density at radius 1 is 1.40 bits per heavy atom. The number of benzene rings is 1. The minimum Gasteiger partial charge on any atom is -0.508 e. The number of hydrogen-bond acceptors (Lipinski definition) is 2. The lowest BCUT2D eigenvalue weighted by Crippen LogP contribution is -2.32. The molecule has 2 nitrogen and oxygen atoms in total. The highest BCUT2D eigenvalue weighted by Crippen LogP contribution is 2.59. The number of fused-ring (bicyclic) bond motifs is 2. The van der Waals surface area contributed by atoms with Crippen LogP contribution in [-0.4, -0.2) is 11.7 Å². The van der Waals surface area contributed by atoms with Crippen LogP contribution in [0.15, 0.2) is 18.2 Å². The summed E-state index contributed by atoms with van der Waals surface area (Å²) in [5, 5.41) is 9.84. The van der Waals surface area contributed by atoms with E-state index in [0.29, 0.717) is 17.1 Å². The third-order valence-corrected chi connectivity index (χ3v) is 4.29. The summed E-state index contributed by atoms with van der Waals surface area (Å²) in [6, 6.07) is 5.95. The topological polar surface area (TPSA) is 46.2 Å². The molecule has 1 spiro atoms. The van der Waals surface area contributed by atoms with E-state index in [2.05, 4.69) is 6.07 Å². The number of phenolic OH excluding ortho intramolecular Hbond substituents is 1. The summed E-state index contributed by atoms with van der Waals surface area (Å²) in [6.07, 6.45) is 4.64. The standard InChI is InChI=1S/C13H17NO/c14-8-9-4-5-10-11(13(9)6-7-13)2-1-3-12(10)15/h1-3,9,15H,4-8,14H2. The molecule has 1 aromatic carbocycles. The summed E-state index contributed by atoms with van der Waals surface area (Å²) in [4.78, 5) is 0. The van der Waals surface area contributed by atoms with Crippen molar-refractivity contribution in [3.05, 3.63) is 29.3 Å². The molecule has 0 saturated heterocycles. The predicted molar refractivity (Wildman–Crippen MR) is 59.9 cm³/mol. The highest BCUT2D eigenvalue weighted by atomic mass is 16.3. The molecule has 80 valence electrons. The molecule has 1 unspecified atom stereocenters. The van der Waals surface area contributed by atoms with Gasteiger partial charge in [0.2, 0.25) is 0 Å². The Hall–Kier alpha value is -1.02. The molecule has 2 heteroatoms. The molecule has 2 aliphatic carbocycles. The van der Waals surface area contributed by atoms with E-state index in [9.17, 15) is 5.11 Å². The van der Waals surface area contributed by atoms with E-state index in [1.807, 2.05) is 6.07 Å². The van der Waals surface area contributed by atoms with Crippen LogP contribution < -0.4 is 5.73 Å². The smallest absolute Gasteiger partial charge is 0.119 e. The fourth-order valence-electron chi connectivity index (χ4n) is 3.27. The average molecular weight is 203 g/mol. The van der Waals surface area contributed by atoms with Gasteiger partial charge in [0.15, 0.2) is 0 Å². The van der Waals surface area contributed by atoms with E-state index in [1.165, 1.54) is 24.0 Å². The van der Waals surface area contributed by atoms with Crippen molar-refractivity contribution in [3.8, 4) is 5.75 Å². The highest BCUT2D eigenvalue weighted by molar-refractivity contribution is 5.48. The zero-order valence-corrected chi connectivity index (χ0v) is 8.87. The molecule has 2 aliphatic rings. The Bertz CT molecular complexity index is 396. The molecule has 0 bridgehead atoms. The van der Waals surface area contributed by atoms with E-state index in [4.69, 9.17) is 5.73 Å². The van der Waals surface area contributed by atoms with Crippen molar-refractivity contribution in [2.45, 2.75) is 31.1 Å². The van der Waals surface area contributed by atoms with Crippen LogP contribution in [-0.2, 0) is 11.8 Å². The predicted octanol–water partition coefficient (Wildman–Crippen LogP) is 1.94. The minimum absolute atomic E-state index is 0.334. The Morgan fingerprint density at radius 2 is 2.20 bits per heavy atom. The molecule has 1 fully saturated rings. The van der Waals surface area contributed by atoms with Crippen molar-refractivity contribution < 1.29 is 5.11 Å². The van der Waals surface area contributed by atoms with Gasteiger partial charge in [0.05, 0.1) is 0 Å². The van der Waals surface area contributed by atoms with E-state index in [1.54, 1.807) is 6.07 Å². The number of rotatable bonds is 1. The Labute approximate surface area is 90.1 Å². The minimum atomic E-state index is 0.334. The molecule has 0 aromatic heterocycles. The zero-order chi connectivity index (χ0) is 10.5. The van der Waals surface area contributed by atoms with E-state index >= 15 is 0 Å². The van der Waals surface area contributed by atoms with Crippen LogP contribution in [0.3, 0.4) is 0 Å². The van der Waals surface area contributed by atoms with Gasteiger partial charge in [-0.1, -0.05) is 12.1 Å². The first-order valence-electron chi connectivity index (χ1n) is 5.79. The lowest BCUT2D eigenvalue weighted by molar-refractivity contribution is 0.353. The maximum atomic E-state index is 9.84. The average Bonchev–Trinajstić information content (AvgIpc) is 3.02. The lowest BCUT2D eigenvalue weighted by Gasteiger charge is -2.33. The van der Waals surface area contributed by atoms with E-state index in [0.717, 1.165) is 19.4 Å². The first-order valence-corrected chi connectivity index (χ1v) is 5.79. The van der Waals surface area contributed by atoms with Crippen molar-refractivity contribution in [1.29, 1.82) is 0 Å². The van der Waals surface area contributed by atoms with Gasteiger partial charge >= 0.3 is 0 Å². The molecule has 0 amide bonds. The van der Waals surface area contributed by atoms with Gasteiger partial charge in [-0.15, -0.1) is 0 Å². The molecule has 1 aromatic rings. The summed E-state index contributed by atoms with van der Waals surface area (Å²) in [7, 11) is 0. The van der Waals surface area contributed by atoms with Crippen molar-refractivity contribution in [3.63, 3.8) is 0 Å². The molecule has 0 aliphatic heterocycles. The first-order chi connectivity index (χ1) is 7.28. The third-order valence-electron chi connectivity index (χ3n) is 4.29. The van der Waals surface area contributed by atoms with Crippen molar-refractivity contribution in [2.75, 3.05) is 6.54 Å². The van der Waals surface area contributed by atoms with Crippen LogP contribution in [0.2, 0.25) is 0 Å². The molecule has 1 atom stereocenters. The Balaban J connectivity index is 2.12. The third kappa shape index (κ3) is 1.14. The van der Waals surface area contributed by atoms with Gasteiger partial charge in [0.25, 0.3) is 0 Å². The molecule has 3 N–H and O–H groups in total. The van der Waals surface area contributed by atoms with E-state index in [-0.39, 0.29) is 0 Å². The van der Waals surface area contributed by atoms with Crippen LogP contribution in [0.5, 0.6) is 5.75 Å². The summed E-state index contributed by atoms with van der Waals surface area (Å²) >= 11 is 0. The van der Waals surface area contributed by atoms with Gasteiger partial charge in [-0.3, -0.25) is 0 Å². The number of aromatic hydroxyl groups is 1. The number of nitrogens with two attached hydrogens (primary N) is 1. The quantitative estimate of drug-likeness (QED) is 0.732. The second-order valence-electron chi connectivity index (χ2n) is 4.93. The maximum Gasteiger partial charge on any atom is 0.119 e. The maximum absolute atomic E-state index is 9.84. The SMILES string of the molecule is NCC1CCc2c(O)cccc2C12CC2. The summed E-state index contributed by atoms with van der Waals surface area (Å²) in [5.74, 6) is 1.11. The van der Waals surface area contributed by atoms with Crippen LogP contribution in [0.25, 0.3) is 0 Å². The molecular weight excluding hydrogens is 186 g/mol. The van der Waals surface area contributed by atoms with Gasteiger partial charge < -0.3 is 10.8 Å². The van der Waals surface area contributed by atoms with Crippen molar-refractivity contribution in [1.82, 2.24) is 0 Å². The zero-order valence-electron chi connectivity index (χ0n) is 8.87. The van der Waals surface area contributed by atoms with Crippen molar-refractivity contribution in [2.24, 2.45) is 11.7 Å². The molecule has 0 radical (unpaired) electrons.